The van der Waals surface area contributed by atoms with Crippen molar-refractivity contribution in [3.05, 3.63) is 16.3 Å². The zero-order valence-electron chi connectivity index (χ0n) is 9.25. The van der Waals surface area contributed by atoms with Gasteiger partial charge in [-0.25, -0.2) is 0 Å². The van der Waals surface area contributed by atoms with Crippen molar-refractivity contribution >= 4 is 17.4 Å². The molecule has 0 spiro atoms. The number of primary amides is 1. The van der Waals surface area contributed by atoms with Crippen LogP contribution in [0.25, 0.3) is 0 Å². The van der Waals surface area contributed by atoms with Crippen molar-refractivity contribution in [2.45, 2.75) is 0 Å². The minimum Gasteiger partial charge on any atom is -0.370 e. The number of nitro groups is 1. The van der Waals surface area contributed by atoms with E-state index in [-0.39, 0.29) is 24.7 Å². The second kappa shape index (κ2) is 5.80. The Bertz CT molecular complexity index is 416. The molecular weight excluding hydrogens is 230 g/mol. The highest BCUT2D eigenvalue weighted by atomic mass is 16.6. The van der Waals surface area contributed by atoms with Crippen molar-refractivity contribution in [3.63, 3.8) is 0 Å². The van der Waals surface area contributed by atoms with Crippen LogP contribution < -0.4 is 11.1 Å². The molecule has 1 aromatic rings. The monoisotopic (exact) mass is 243 g/mol. The van der Waals surface area contributed by atoms with E-state index in [1.807, 2.05) is 0 Å². The van der Waals surface area contributed by atoms with Gasteiger partial charge in [0.2, 0.25) is 11.7 Å². The molecule has 0 bridgehead atoms. The van der Waals surface area contributed by atoms with Gasteiger partial charge in [0, 0.05) is 13.6 Å². The number of carbonyl (C=O) groups is 1. The van der Waals surface area contributed by atoms with Crippen molar-refractivity contribution in [3.8, 4) is 0 Å². The van der Waals surface area contributed by atoms with E-state index >= 15 is 0 Å². The topological polar surface area (TPSA) is 125 Å². The van der Waals surface area contributed by atoms with Gasteiger partial charge >= 0.3 is 5.69 Å². The van der Waals surface area contributed by atoms with Crippen LogP contribution in [-0.4, -0.2) is 40.4 Å². The molecule has 1 amide bonds. The fourth-order valence-corrected chi connectivity index (χ4v) is 1.15. The lowest BCUT2D eigenvalue weighted by molar-refractivity contribution is -0.384. The number of nitrogens with zero attached hydrogens (tertiary/aromatic N) is 3. The number of ether oxygens (including phenoxy) is 1. The van der Waals surface area contributed by atoms with Crippen LogP contribution in [0.3, 0.4) is 0 Å². The third kappa shape index (κ3) is 4.07. The molecule has 3 N–H and O–H groups in total. The van der Waals surface area contributed by atoms with Crippen molar-refractivity contribution in [2.75, 3.05) is 25.1 Å². The number of hydrogen-bond acceptors (Lipinski definition) is 6. The van der Waals surface area contributed by atoms with Gasteiger partial charge in [-0.2, -0.15) is 0 Å². The maximum Gasteiger partial charge on any atom is 0.330 e. The molecule has 0 atom stereocenters. The molecule has 0 aromatic carbocycles. The summed E-state index contributed by atoms with van der Waals surface area (Å²) in [6.07, 6.45) is 1.30. The van der Waals surface area contributed by atoms with Crippen LogP contribution in [0.4, 0.5) is 11.5 Å². The fraction of sp³-hybridized carbons (Fsp3) is 0.500. The molecular formula is C8H13N5O4. The van der Waals surface area contributed by atoms with Crippen molar-refractivity contribution in [2.24, 2.45) is 12.8 Å². The minimum atomic E-state index is -0.561. The number of amides is 1. The van der Waals surface area contributed by atoms with E-state index in [1.54, 1.807) is 7.05 Å². The molecule has 0 fully saturated rings. The van der Waals surface area contributed by atoms with Gasteiger partial charge in [0.25, 0.3) is 0 Å². The van der Waals surface area contributed by atoms with E-state index in [2.05, 4.69) is 10.4 Å². The first kappa shape index (κ1) is 12.9. The fourth-order valence-electron chi connectivity index (χ4n) is 1.15. The van der Waals surface area contributed by atoms with Gasteiger partial charge in [-0.3, -0.25) is 19.6 Å². The standard InChI is InChI=1S/C8H13N5O4/c1-12-4-6(13(15)16)8(11-12)10-2-3-17-5-7(9)14/h4H,2-3,5H2,1H3,(H2,9,14)(H,10,11). The molecule has 1 rings (SSSR count). The molecule has 0 aliphatic carbocycles. The zero-order valence-corrected chi connectivity index (χ0v) is 9.25. The van der Waals surface area contributed by atoms with E-state index in [9.17, 15) is 14.9 Å². The van der Waals surface area contributed by atoms with Crippen LogP contribution in [0.1, 0.15) is 0 Å². The van der Waals surface area contributed by atoms with Crippen molar-refractivity contribution in [1.29, 1.82) is 0 Å². The number of carbonyl (C=O) groups excluding carboxylic acids is 1. The molecule has 17 heavy (non-hydrogen) atoms. The Morgan fingerprint density at radius 1 is 1.76 bits per heavy atom. The molecule has 1 heterocycles. The van der Waals surface area contributed by atoms with E-state index in [1.165, 1.54) is 10.9 Å². The molecule has 0 aliphatic heterocycles. The Morgan fingerprint density at radius 3 is 3.06 bits per heavy atom. The van der Waals surface area contributed by atoms with E-state index in [4.69, 9.17) is 10.5 Å². The molecule has 0 saturated carbocycles. The highest BCUT2D eigenvalue weighted by Gasteiger charge is 2.17. The molecule has 0 unspecified atom stereocenters. The summed E-state index contributed by atoms with van der Waals surface area (Å²) >= 11 is 0. The maximum atomic E-state index is 10.6. The summed E-state index contributed by atoms with van der Waals surface area (Å²) in [7, 11) is 1.59. The second-order valence-corrected chi connectivity index (χ2v) is 3.24. The number of nitrogens with one attached hydrogen (secondary N) is 1. The Kier molecular flexibility index (Phi) is 4.40. The van der Waals surface area contributed by atoms with E-state index in [0.717, 1.165) is 0 Å². The van der Waals surface area contributed by atoms with E-state index in [0.29, 0.717) is 6.54 Å². The normalized spacial score (nSPS) is 10.2. The van der Waals surface area contributed by atoms with Gasteiger partial charge < -0.3 is 15.8 Å². The van der Waals surface area contributed by atoms with Crippen LogP contribution in [0.15, 0.2) is 6.20 Å². The second-order valence-electron chi connectivity index (χ2n) is 3.24. The summed E-state index contributed by atoms with van der Waals surface area (Å²) in [5, 5.41) is 17.3. The van der Waals surface area contributed by atoms with Gasteiger partial charge in [-0.05, 0) is 0 Å². The summed E-state index contributed by atoms with van der Waals surface area (Å²) in [6, 6.07) is 0. The minimum absolute atomic E-state index is 0.109. The largest absolute Gasteiger partial charge is 0.370 e. The molecule has 9 nitrogen and oxygen atoms in total. The molecule has 0 radical (unpaired) electrons. The summed E-state index contributed by atoms with van der Waals surface area (Å²) in [6.45, 7) is 0.327. The van der Waals surface area contributed by atoms with E-state index < -0.39 is 10.8 Å². The number of anilines is 1. The average molecular weight is 243 g/mol. The third-order valence-corrected chi connectivity index (χ3v) is 1.79. The van der Waals surface area contributed by atoms with Gasteiger partial charge in [0.05, 0.1) is 11.5 Å². The quantitative estimate of drug-likeness (QED) is 0.368. The molecule has 1 aromatic heterocycles. The Morgan fingerprint density at radius 2 is 2.47 bits per heavy atom. The Balaban J connectivity index is 2.41. The van der Waals surface area contributed by atoms with Gasteiger partial charge in [-0.1, -0.05) is 0 Å². The first-order valence-electron chi connectivity index (χ1n) is 4.78. The lowest BCUT2D eigenvalue weighted by atomic mass is 10.5. The average Bonchev–Trinajstić information content (AvgIpc) is 2.59. The van der Waals surface area contributed by atoms with Crippen LogP contribution in [0, 0.1) is 10.1 Å². The highest BCUT2D eigenvalue weighted by molar-refractivity contribution is 5.74. The molecule has 0 saturated heterocycles. The number of nitrogens with two attached hydrogens (primary N) is 1. The predicted molar refractivity (Wildman–Crippen MR) is 58.4 cm³/mol. The number of hydrogen-bond donors (Lipinski definition) is 2. The van der Waals surface area contributed by atoms with Crippen LogP contribution in [0.5, 0.6) is 0 Å². The lowest BCUT2D eigenvalue weighted by Gasteiger charge is -2.02. The van der Waals surface area contributed by atoms with Crippen molar-refractivity contribution < 1.29 is 14.5 Å². The van der Waals surface area contributed by atoms with Crippen LogP contribution in [0.2, 0.25) is 0 Å². The highest BCUT2D eigenvalue weighted by Crippen LogP contribution is 2.20. The molecule has 94 valence electrons. The summed E-state index contributed by atoms with van der Waals surface area (Å²) in [5.41, 5.74) is 4.75. The molecule has 0 aliphatic rings. The van der Waals surface area contributed by atoms with Crippen LogP contribution >= 0.6 is 0 Å². The third-order valence-electron chi connectivity index (χ3n) is 1.79. The first-order chi connectivity index (χ1) is 8.00. The zero-order chi connectivity index (χ0) is 12.8. The smallest absolute Gasteiger partial charge is 0.330 e. The van der Waals surface area contributed by atoms with Gasteiger partial charge in [-0.15, -0.1) is 5.10 Å². The number of aromatic nitrogens is 2. The summed E-state index contributed by atoms with van der Waals surface area (Å²) in [5.74, 6) is -0.394. The molecule has 9 heteroatoms. The Labute approximate surface area is 96.7 Å². The van der Waals surface area contributed by atoms with Crippen LogP contribution in [-0.2, 0) is 16.6 Å². The number of rotatable bonds is 7. The van der Waals surface area contributed by atoms with Gasteiger partial charge in [0.15, 0.2) is 0 Å². The summed E-state index contributed by atoms with van der Waals surface area (Å²) < 4.78 is 6.22. The maximum absolute atomic E-state index is 10.6. The van der Waals surface area contributed by atoms with Gasteiger partial charge in [0.1, 0.15) is 12.8 Å². The lowest BCUT2D eigenvalue weighted by Crippen LogP contribution is -2.20. The Hall–Kier alpha value is -2.16. The predicted octanol–water partition coefficient (Wildman–Crippen LogP) is -0.758. The number of aryl methyl sites for hydroxylation is 1. The van der Waals surface area contributed by atoms with Crippen molar-refractivity contribution in [1.82, 2.24) is 9.78 Å². The first-order valence-corrected chi connectivity index (χ1v) is 4.78. The SMILES string of the molecule is Cn1cc([N+](=O)[O-])c(NCCOCC(N)=O)n1. The summed E-state index contributed by atoms with van der Waals surface area (Å²) in [4.78, 5) is 20.5.